The lowest BCUT2D eigenvalue weighted by atomic mass is 9.78. The van der Waals surface area contributed by atoms with Gasteiger partial charge in [0.05, 0.1) is 27.8 Å². The summed E-state index contributed by atoms with van der Waals surface area (Å²) in [7, 11) is 0. The second-order valence-electron chi connectivity index (χ2n) is 13.3. The van der Waals surface area contributed by atoms with Crippen LogP contribution in [-0.2, 0) is 0 Å². The number of para-hydroxylation sites is 4. The third kappa shape index (κ3) is 3.78. The summed E-state index contributed by atoms with van der Waals surface area (Å²) in [6.45, 7) is 0. The molecule has 0 N–H and O–H groups in total. The molecule has 49 heavy (non-hydrogen) atoms. The monoisotopic (exact) mass is 626 g/mol. The summed E-state index contributed by atoms with van der Waals surface area (Å²) in [5.41, 5.74) is 11.6. The summed E-state index contributed by atoms with van der Waals surface area (Å²) in [4.78, 5) is 0. The van der Waals surface area contributed by atoms with E-state index in [0.717, 1.165) is 17.0 Å². The van der Waals surface area contributed by atoms with Crippen LogP contribution in [0.25, 0.3) is 83.2 Å². The molecule has 3 heterocycles. The molecule has 11 rings (SSSR count). The summed E-state index contributed by atoms with van der Waals surface area (Å²) in [6.07, 6.45) is 13.4. The van der Waals surface area contributed by atoms with Gasteiger partial charge in [0.25, 0.3) is 0 Å². The molecule has 0 saturated carbocycles. The van der Waals surface area contributed by atoms with Gasteiger partial charge < -0.3 is 13.6 Å². The van der Waals surface area contributed by atoms with Gasteiger partial charge in [-0.2, -0.15) is 0 Å². The minimum absolute atomic E-state index is 0.286. The second-order valence-corrected chi connectivity index (χ2v) is 13.3. The number of hydrogen-bond donors (Lipinski definition) is 0. The number of furan rings is 1. The minimum Gasteiger partial charge on any atom is -0.454 e. The van der Waals surface area contributed by atoms with E-state index >= 15 is 0 Å². The summed E-state index contributed by atoms with van der Waals surface area (Å²) in [6, 6.07) is 48.6. The van der Waals surface area contributed by atoms with E-state index in [0.29, 0.717) is 5.92 Å². The molecule has 0 fully saturated rings. The standard InChI is InChI=1S/C46H30N2O/c1-2-12-32(13-3-1)47-39-18-8-7-16-35(39)38-27-30(22-25-41(38)47)31-21-24-36-34-15-6-9-19-40(34)48(43(36)28-31)42-20-10-17-37-45-33-14-5-4-11-29(33)23-26-44(45)49-46(37)42/h1-29,33H. The van der Waals surface area contributed by atoms with Gasteiger partial charge in [-0.05, 0) is 65.7 Å². The van der Waals surface area contributed by atoms with Crippen LogP contribution in [0, 0.1) is 5.92 Å². The maximum Gasteiger partial charge on any atom is 0.159 e. The zero-order chi connectivity index (χ0) is 32.1. The van der Waals surface area contributed by atoms with Crippen molar-refractivity contribution in [2.75, 3.05) is 0 Å². The number of benzene rings is 6. The molecule has 6 aromatic carbocycles. The van der Waals surface area contributed by atoms with Gasteiger partial charge >= 0.3 is 0 Å². The number of hydrogen-bond acceptors (Lipinski definition) is 1. The number of fused-ring (bicyclic) bond motifs is 11. The Morgan fingerprint density at radius 3 is 2.02 bits per heavy atom. The van der Waals surface area contributed by atoms with E-state index in [1.54, 1.807) is 0 Å². The lowest BCUT2D eigenvalue weighted by Gasteiger charge is -2.24. The molecule has 2 atom stereocenters. The lowest BCUT2D eigenvalue weighted by molar-refractivity contribution is 0.577. The molecule has 0 spiro atoms. The maximum absolute atomic E-state index is 6.77. The molecule has 230 valence electrons. The first-order valence-corrected chi connectivity index (χ1v) is 17.0. The molecule has 0 radical (unpaired) electrons. The Bertz CT molecular complexity index is 2890. The normalized spacial score (nSPS) is 16.7. The average molecular weight is 627 g/mol. The molecule has 0 amide bonds. The maximum atomic E-state index is 6.77. The van der Waals surface area contributed by atoms with E-state index in [2.05, 4.69) is 179 Å². The molecule has 2 aliphatic carbocycles. The Kier molecular flexibility index (Phi) is 5.50. The third-order valence-corrected chi connectivity index (χ3v) is 10.7. The first-order valence-electron chi connectivity index (χ1n) is 17.0. The van der Waals surface area contributed by atoms with Gasteiger partial charge in [-0.1, -0.05) is 115 Å². The summed E-state index contributed by atoms with van der Waals surface area (Å²) < 4.78 is 11.5. The van der Waals surface area contributed by atoms with Crippen LogP contribution in [-0.4, -0.2) is 9.13 Å². The predicted octanol–water partition coefficient (Wildman–Crippen LogP) is 12.1. The Labute approximate surface area is 282 Å². The van der Waals surface area contributed by atoms with Gasteiger partial charge in [-0.3, -0.25) is 0 Å². The molecule has 0 saturated heterocycles. The van der Waals surface area contributed by atoms with Gasteiger partial charge in [0, 0.05) is 50.0 Å². The quantitative estimate of drug-likeness (QED) is 0.191. The third-order valence-electron chi connectivity index (χ3n) is 10.7. The van der Waals surface area contributed by atoms with Crippen molar-refractivity contribution in [1.29, 1.82) is 0 Å². The van der Waals surface area contributed by atoms with Crippen molar-refractivity contribution in [3.8, 4) is 22.5 Å². The van der Waals surface area contributed by atoms with Crippen LogP contribution in [0.4, 0.5) is 0 Å². The second kappa shape index (κ2) is 10.1. The number of allylic oxidation sites excluding steroid dienone is 5. The smallest absolute Gasteiger partial charge is 0.159 e. The molecule has 0 bridgehead atoms. The van der Waals surface area contributed by atoms with E-state index in [9.17, 15) is 0 Å². The van der Waals surface area contributed by atoms with Crippen LogP contribution in [0.15, 0.2) is 168 Å². The molecule has 9 aromatic rings. The Morgan fingerprint density at radius 1 is 0.469 bits per heavy atom. The minimum atomic E-state index is 0.286. The van der Waals surface area contributed by atoms with Crippen LogP contribution in [0.2, 0.25) is 0 Å². The topological polar surface area (TPSA) is 23.0 Å². The fourth-order valence-corrected chi connectivity index (χ4v) is 8.50. The van der Waals surface area contributed by atoms with Crippen LogP contribution < -0.4 is 0 Å². The Hall–Kier alpha value is -6.32. The molecule has 3 aromatic heterocycles. The van der Waals surface area contributed by atoms with Gasteiger partial charge in [0.15, 0.2) is 5.58 Å². The summed E-state index contributed by atoms with van der Waals surface area (Å²) >= 11 is 0. The molecular weight excluding hydrogens is 597 g/mol. The van der Waals surface area contributed by atoms with Crippen LogP contribution in [0.1, 0.15) is 17.2 Å². The molecule has 3 nitrogen and oxygen atoms in total. The lowest BCUT2D eigenvalue weighted by Crippen LogP contribution is -2.12. The van der Waals surface area contributed by atoms with E-state index < -0.39 is 0 Å². The molecule has 0 aliphatic heterocycles. The van der Waals surface area contributed by atoms with Gasteiger partial charge in [-0.15, -0.1) is 0 Å². The van der Waals surface area contributed by atoms with Gasteiger partial charge in [0.1, 0.15) is 5.76 Å². The molecular formula is C46H30N2O. The highest BCUT2D eigenvalue weighted by Gasteiger charge is 2.30. The van der Waals surface area contributed by atoms with Crippen molar-refractivity contribution >= 4 is 60.7 Å². The number of nitrogens with zero attached hydrogens (tertiary/aromatic N) is 2. The van der Waals surface area contributed by atoms with E-state index in [4.69, 9.17) is 4.42 Å². The van der Waals surface area contributed by atoms with Crippen LogP contribution in [0.5, 0.6) is 0 Å². The van der Waals surface area contributed by atoms with E-state index in [-0.39, 0.29) is 5.92 Å². The first kappa shape index (κ1) is 26.7. The highest BCUT2D eigenvalue weighted by molar-refractivity contribution is 6.13. The van der Waals surface area contributed by atoms with E-state index in [1.807, 2.05) is 0 Å². The molecule has 3 heteroatoms. The largest absolute Gasteiger partial charge is 0.454 e. The van der Waals surface area contributed by atoms with Crippen LogP contribution >= 0.6 is 0 Å². The SMILES string of the molecule is C1=CC2C=Cc3oc4c(-n5c6ccccc6c6ccc(-c7ccc8c(c7)c7ccccc7n8-c7ccccc7)cc65)cccc4c3C2C=C1. The number of rotatable bonds is 3. The molecule has 2 aliphatic rings. The van der Waals surface area contributed by atoms with Crippen LogP contribution in [0.3, 0.4) is 0 Å². The van der Waals surface area contributed by atoms with Crippen molar-refractivity contribution in [2.24, 2.45) is 5.92 Å². The van der Waals surface area contributed by atoms with Crippen molar-refractivity contribution in [2.45, 2.75) is 5.92 Å². The summed E-state index contributed by atoms with van der Waals surface area (Å²) in [5.74, 6) is 1.61. The van der Waals surface area contributed by atoms with E-state index in [1.165, 1.54) is 71.4 Å². The number of aromatic nitrogens is 2. The van der Waals surface area contributed by atoms with Crippen molar-refractivity contribution in [1.82, 2.24) is 9.13 Å². The van der Waals surface area contributed by atoms with Gasteiger partial charge in [-0.25, -0.2) is 0 Å². The van der Waals surface area contributed by atoms with Crippen molar-refractivity contribution in [3.63, 3.8) is 0 Å². The average Bonchev–Trinajstić information content (AvgIpc) is 3.82. The zero-order valence-corrected chi connectivity index (χ0v) is 26.6. The highest BCUT2D eigenvalue weighted by atomic mass is 16.3. The first-order chi connectivity index (χ1) is 24.3. The summed E-state index contributed by atoms with van der Waals surface area (Å²) in [5, 5.41) is 6.16. The zero-order valence-electron chi connectivity index (χ0n) is 26.6. The fourth-order valence-electron chi connectivity index (χ4n) is 8.50. The van der Waals surface area contributed by atoms with Crippen molar-refractivity contribution < 1.29 is 4.42 Å². The predicted molar refractivity (Wildman–Crippen MR) is 204 cm³/mol. The Morgan fingerprint density at radius 2 is 1.14 bits per heavy atom. The Balaban J connectivity index is 1.14. The van der Waals surface area contributed by atoms with Gasteiger partial charge in [0.2, 0.25) is 0 Å². The molecule has 2 unspecified atom stereocenters. The van der Waals surface area contributed by atoms with Crippen molar-refractivity contribution in [3.05, 3.63) is 175 Å². The fraction of sp³-hybridized carbons (Fsp3) is 0.0435. The highest BCUT2D eigenvalue weighted by Crippen LogP contribution is 2.46.